The van der Waals surface area contributed by atoms with Gasteiger partial charge >= 0.3 is 0 Å². The Balaban J connectivity index is 1.99. The van der Waals surface area contributed by atoms with Crippen LogP contribution in [0.2, 0.25) is 0 Å². The van der Waals surface area contributed by atoms with Gasteiger partial charge in [0.1, 0.15) is 0 Å². The van der Waals surface area contributed by atoms with Gasteiger partial charge in [0.05, 0.1) is 11.5 Å². The van der Waals surface area contributed by atoms with Crippen molar-refractivity contribution in [3.8, 4) is 0 Å². The predicted octanol–water partition coefficient (Wildman–Crippen LogP) is -1.04. The minimum Gasteiger partial charge on any atom is -0.392 e. The van der Waals surface area contributed by atoms with Gasteiger partial charge in [0.2, 0.25) is 0 Å². The van der Waals surface area contributed by atoms with Crippen LogP contribution in [0.3, 0.4) is 0 Å². The van der Waals surface area contributed by atoms with E-state index in [1.54, 1.807) is 0 Å². The van der Waals surface area contributed by atoms with Crippen LogP contribution in [0.1, 0.15) is 6.42 Å². The Labute approximate surface area is 89.4 Å². The van der Waals surface area contributed by atoms with Crippen molar-refractivity contribution in [2.75, 3.05) is 26.2 Å². The Hall–Kier alpha value is 0.130. The second kappa shape index (κ2) is 4.33. The van der Waals surface area contributed by atoms with E-state index in [4.69, 9.17) is 17.3 Å². The molecule has 0 spiro atoms. The van der Waals surface area contributed by atoms with E-state index in [0.717, 1.165) is 32.6 Å². The van der Waals surface area contributed by atoms with Gasteiger partial charge in [0.15, 0.2) is 0 Å². The number of likely N-dealkylation sites (tertiary alicyclic amines) is 1. The quantitative estimate of drug-likeness (QED) is 0.493. The van der Waals surface area contributed by atoms with Crippen molar-refractivity contribution < 1.29 is 5.11 Å². The van der Waals surface area contributed by atoms with Gasteiger partial charge < -0.3 is 16.2 Å². The number of rotatable bonds is 1. The molecule has 4 N–H and O–H groups in total. The lowest BCUT2D eigenvalue weighted by Gasteiger charge is -2.39. The van der Waals surface area contributed by atoms with Crippen molar-refractivity contribution in [1.82, 2.24) is 10.2 Å². The number of nitrogens with zero attached hydrogens (tertiary/aromatic N) is 1. The first kappa shape index (κ1) is 10.6. The van der Waals surface area contributed by atoms with E-state index in [9.17, 15) is 5.11 Å². The Morgan fingerprint density at radius 2 is 2.21 bits per heavy atom. The highest BCUT2D eigenvalue weighted by Gasteiger charge is 2.37. The lowest BCUT2D eigenvalue weighted by molar-refractivity contribution is 0.137. The van der Waals surface area contributed by atoms with Crippen LogP contribution in [0.25, 0.3) is 0 Å². The zero-order valence-corrected chi connectivity index (χ0v) is 8.95. The molecular formula is C9H18ClN3O. The number of hydrogen-bond donors (Lipinski definition) is 3. The summed E-state index contributed by atoms with van der Waals surface area (Å²) in [6, 6.07) is 0.298. The maximum atomic E-state index is 9.46. The Morgan fingerprint density at radius 1 is 1.43 bits per heavy atom. The Kier molecular flexibility index (Phi) is 3.29. The fraction of sp³-hybridized carbons (Fsp3) is 1.00. The van der Waals surface area contributed by atoms with Gasteiger partial charge in [-0.25, -0.2) is 0 Å². The third-order valence-corrected chi connectivity index (χ3v) is 3.56. The molecule has 0 aliphatic carbocycles. The Morgan fingerprint density at radius 3 is 2.79 bits per heavy atom. The standard InChI is InChI=1S/C9H18ClN3O/c10-7-3-12-4-8(11)9(7)13-2-1-6(14)5-13/h6-9,12,14H,1-5,11H2. The molecule has 0 radical (unpaired) electrons. The highest BCUT2D eigenvalue weighted by molar-refractivity contribution is 6.21. The SMILES string of the molecule is NC1CNCC(Cl)C1N1CCC(O)C1. The molecule has 2 fully saturated rings. The highest BCUT2D eigenvalue weighted by Crippen LogP contribution is 2.21. The maximum Gasteiger partial charge on any atom is 0.0679 e. The van der Waals surface area contributed by atoms with Crippen molar-refractivity contribution in [3.05, 3.63) is 0 Å². The summed E-state index contributed by atoms with van der Waals surface area (Å²) in [4.78, 5) is 2.23. The first-order chi connectivity index (χ1) is 6.68. The number of piperidine rings is 1. The van der Waals surface area contributed by atoms with Crippen molar-refractivity contribution in [3.63, 3.8) is 0 Å². The van der Waals surface area contributed by atoms with E-state index < -0.39 is 0 Å². The van der Waals surface area contributed by atoms with E-state index in [-0.39, 0.29) is 23.6 Å². The van der Waals surface area contributed by atoms with Gasteiger partial charge in [0.25, 0.3) is 0 Å². The molecule has 5 heteroatoms. The van der Waals surface area contributed by atoms with Crippen LogP contribution in [0.4, 0.5) is 0 Å². The molecule has 0 aromatic rings. The zero-order valence-electron chi connectivity index (χ0n) is 8.19. The predicted molar refractivity (Wildman–Crippen MR) is 56.5 cm³/mol. The van der Waals surface area contributed by atoms with Gasteiger partial charge in [-0.15, -0.1) is 11.6 Å². The number of aliphatic hydroxyl groups is 1. The molecule has 0 aromatic heterocycles. The van der Waals surface area contributed by atoms with E-state index in [1.165, 1.54) is 0 Å². The molecule has 2 aliphatic rings. The van der Waals surface area contributed by atoms with Crippen LogP contribution in [0.15, 0.2) is 0 Å². The van der Waals surface area contributed by atoms with E-state index in [1.807, 2.05) is 0 Å². The number of hydrogen-bond acceptors (Lipinski definition) is 4. The first-order valence-electron chi connectivity index (χ1n) is 5.21. The molecule has 2 aliphatic heterocycles. The molecule has 4 nitrogen and oxygen atoms in total. The van der Waals surface area contributed by atoms with E-state index >= 15 is 0 Å². The molecule has 0 amide bonds. The monoisotopic (exact) mass is 219 g/mol. The molecule has 2 saturated heterocycles. The summed E-state index contributed by atoms with van der Waals surface area (Å²) >= 11 is 6.24. The van der Waals surface area contributed by atoms with Crippen LogP contribution < -0.4 is 11.1 Å². The molecule has 2 heterocycles. The van der Waals surface area contributed by atoms with Crippen LogP contribution in [-0.4, -0.2) is 59.8 Å². The van der Waals surface area contributed by atoms with Gasteiger partial charge in [-0.1, -0.05) is 0 Å². The fourth-order valence-electron chi connectivity index (χ4n) is 2.44. The third-order valence-electron chi connectivity index (χ3n) is 3.15. The number of nitrogens with two attached hydrogens (primary N) is 1. The third kappa shape index (κ3) is 2.04. The summed E-state index contributed by atoms with van der Waals surface area (Å²) in [5.41, 5.74) is 6.02. The highest BCUT2D eigenvalue weighted by atomic mass is 35.5. The molecule has 0 saturated carbocycles. The van der Waals surface area contributed by atoms with Crippen molar-refractivity contribution in [2.45, 2.75) is 30.0 Å². The molecule has 82 valence electrons. The first-order valence-corrected chi connectivity index (χ1v) is 5.64. The maximum absolute atomic E-state index is 9.46. The van der Waals surface area contributed by atoms with Crippen LogP contribution in [0.5, 0.6) is 0 Å². The van der Waals surface area contributed by atoms with Crippen molar-refractivity contribution >= 4 is 11.6 Å². The lowest BCUT2D eigenvalue weighted by atomic mass is 10.00. The van der Waals surface area contributed by atoms with Crippen LogP contribution >= 0.6 is 11.6 Å². The summed E-state index contributed by atoms with van der Waals surface area (Å²) < 4.78 is 0. The smallest absolute Gasteiger partial charge is 0.0679 e. The average Bonchev–Trinajstić information content (AvgIpc) is 2.51. The van der Waals surface area contributed by atoms with Crippen molar-refractivity contribution in [2.24, 2.45) is 5.73 Å². The van der Waals surface area contributed by atoms with Crippen molar-refractivity contribution in [1.29, 1.82) is 0 Å². The van der Waals surface area contributed by atoms with Gasteiger partial charge in [-0.2, -0.15) is 0 Å². The van der Waals surface area contributed by atoms with Gasteiger partial charge in [-0.05, 0) is 6.42 Å². The van der Waals surface area contributed by atoms with Crippen LogP contribution in [0, 0.1) is 0 Å². The average molecular weight is 220 g/mol. The summed E-state index contributed by atoms with van der Waals surface area (Å²) in [7, 11) is 0. The topological polar surface area (TPSA) is 61.5 Å². The zero-order chi connectivity index (χ0) is 10.1. The summed E-state index contributed by atoms with van der Waals surface area (Å²) in [6.07, 6.45) is 0.654. The molecule has 0 aromatic carbocycles. The minimum atomic E-state index is -0.194. The molecular weight excluding hydrogens is 202 g/mol. The normalized spacial score (nSPS) is 45.6. The fourth-order valence-corrected chi connectivity index (χ4v) is 2.89. The van der Waals surface area contributed by atoms with Crippen LogP contribution in [-0.2, 0) is 0 Å². The van der Waals surface area contributed by atoms with E-state index in [2.05, 4.69) is 10.2 Å². The van der Waals surface area contributed by atoms with Gasteiger partial charge in [0, 0.05) is 38.3 Å². The molecule has 14 heavy (non-hydrogen) atoms. The summed E-state index contributed by atoms with van der Waals surface area (Å²) in [5, 5.41) is 12.7. The molecule has 0 bridgehead atoms. The minimum absolute atomic E-state index is 0.0593. The lowest BCUT2D eigenvalue weighted by Crippen LogP contribution is -2.62. The Bertz CT molecular complexity index is 194. The molecule has 2 rings (SSSR count). The number of nitrogens with one attached hydrogen (secondary N) is 1. The molecule has 4 unspecified atom stereocenters. The van der Waals surface area contributed by atoms with Gasteiger partial charge in [-0.3, -0.25) is 4.90 Å². The number of β-amino-alcohol motifs (C(OH)–C–C–N with tert-alkyl or cyclic N) is 1. The second-order valence-corrected chi connectivity index (χ2v) is 4.83. The summed E-state index contributed by atoms with van der Waals surface area (Å²) in [6.45, 7) is 3.28. The van der Waals surface area contributed by atoms with E-state index in [0.29, 0.717) is 0 Å². The number of alkyl halides is 1. The molecule has 4 atom stereocenters. The number of halogens is 1. The summed E-state index contributed by atoms with van der Waals surface area (Å²) in [5.74, 6) is 0. The second-order valence-electron chi connectivity index (χ2n) is 4.27. The number of aliphatic hydroxyl groups excluding tert-OH is 1. The largest absolute Gasteiger partial charge is 0.392 e.